The zero-order valence-corrected chi connectivity index (χ0v) is 12.0. The third-order valence-electron chi connectivity index (χ3n) is 4.00. The number of aromatic nitrogens is 2. The van der Waals surface area contributed by atoms with Crippen molar-refractivity contribution < 1.29 is 0 Å². The number of rotatable bonds is 3. The van der Waals surface area contributed by atoms with Crippen LogP contribution in [0.1, 0.15) is 25.0 Å². The van der Waals surface area contributed by atoms with E-state index in [4.69, 9.17) is 10.7 Å². The van der Waals surface area contributed by atoms with Crippen LogP contribution in [0.4, 0.5) is 5.95 Å². The van der Waals surface area contributed by atoms with Crippen molar-refractivity contribution in [3.8, 4) is 5.69 Å². The molecule has 1 aliphatic rings. The lowest BCUT2D eigenvalue weighted by Gasteiger charge is -2.36. The second-order valence-electron chi connectivity index (χ2n) is 5.47. The summed E-state index contributed by atoms with van der Waals surface area (Å²) in [5.41, 5.74) is 8.15. The van der Waals surface area contributed by atoms with Gasteiger partial charge in [-0.3, -0.25) is 4.57 Å². The largest absolute Gasteiger partial charge is 0.338 e. The smallest absolute Gasteiger partial charge is 0.210 e. The first-order chi connectivity index (χ1) is 9.79. The maximum Gasteiger partial charge on any atom is 0.210 e. The van der Waals surface area contributed by atoms with Gasteiger partial charge in [-0.05, 0) is 38.3 Å². The first-order valence-electron chi connectivity index (χ1n) is 7.37. The molecule has 0 bridgehead atoms. The molecule has 1 aromatic carbocycles. The van der Waals surface area contributed by atoms with Gasteiger partial charge >= 0.3 is 0 Å². The fraction of sp³-hybridized carbons (Fsp3) is 0.438. The van der Waals surface area contributed by atoms with Gasteiger partial charge in [0.1, 0.15) is 0 Å². The van der Waals surface area contributed by atoms with Crippen LogP contribution in [0.25, 0.3) is 5.69 Å². The molecular formula is C16H22N4. The molecule has 1 unspecified atom stereocenters. The highest BCUT2D eigenvalue weighted by atomic mass is 15.3. The van der Waals surface area contributed by atoms with E-state index in [1.165, 1.54) is 12.8 Å². The highest BCUT2D eigenvalue weighted by molar-refractivity contribution is 5.46. The minimum absolute atomic E-state index is 0.410. The molecule has 2 N–H and O–H groups in total. The Morgan fingerprint density at radius 3 is 2.80 bits per heavy atom. The van der Waals surface area contributed by atoms with E-state index >= 15 is 0 Å². The minimum Gasteiger partial charge on any atom is -0.338 e. The van der Waals surface area contributed by atoms with E-state index in [9.17, 15) is 0 Å². The maximum atomic E-state index is 5.95. The number of benzene rings is 1. The molecule has 4 heteroatoms. The van der Waals surface area contributed by atoms with Crippen LogP contribution in [0, 0.1) is 6.92 Å². The molecule has 0 aliphatic carbocycles. The summed E-state index contributed by atoms with van der Waals surface area (Å²) in [6.07, 6.45) is 5.75. The fourth-order valence-electron chi connectivity index (χ4n) is 2.98. The van der Waals surface area contributed by atoms with Crippen LogP contribution < -0.4 is 10.6 Å². The molecule has 0 radical (unpaired) electrons. The summed E-state index contributed by atoms with van der Waals surface area (Å²) in [4.78, 5) is 7.12. The second kappa shape index (κ2) is 5.67. The van der Waals surface area contributed by atoms with Crippen molar-refractivity contribution in [1.82, 2.24) is 9.55 Å². The Morgan fingerprint density at radius 2 is 2.05 bits per heavy atom. The molecule has 0 amide bonds. The Bertz CT molecular complexity index is 561. The quantitative estimate of drug-likeness (QED) is 0.932. The molecule has 1 atom stereocenters. The van der Waals surface area contributed by atoms with Crippen LogP contribution in [-0.4, -0.2) is 28.7 Å². The lowest BCUT2D eigenvalue weighted by molar-refractivity contribution is 0.457. The van der Waals surface area contributed by atoms with E-state index in [0.29, 0.717) is 12.6 Å². The summed E-state index contributed by atoms with van der Waals surface area (Å²) in [6.45, 7) is 3.79. The number of aryl methyl sites for hydroxylation is 1. The highest BCUT2D eigenvalue weighted by Gasteiger charge is 2.25. The predicted octanol–water partition coefficient (Wildman–Crippen LogP) is 2.50. The van der Waals surface area contributed by atoms with Crippen LogP contribution in [-0.2, 0) is 0 Å². The van der Waals surface area contributed by atoms with Crippen LogP contribution in [0.5, 0.6) is 0 Å². The van der Waals surface area contributed by atoms with Gasteiger partial charge < -0.3 is 10.6 Å². The van der Waals surface area contributed by atoms with Gasteiger partial charge in [0.15, 0.2) is 0 Å². The zero-order valence-electron chi connectivity index (χ0n) is 12.0. The van der Waals surface area contributed by atoms with Gasteiger partial charge in [-0.25, -0.2) is 4.98 Å². The van der Waals surface area contributed by atoms with Gasteiger partial charge in [-0.15, -0.1) is 0 Å². The van der Waals surface area contributed by atoms with Crippen LogP contribution in [0.3, 0.4) is 0 Å². The average Bonchev–Trinajstić information content (AvgIpc) is 2.90. The van der Waals surface area contributed by atoms with Crippen molar-refractivity contribution in [3.05, 3.63) is 42.2 Å². The van der Waals surface area contributed by atoms with Crippen molar-refractivity contribution in [2.24, 2.45) is 5.73 Å². The van der Waals surface area contributed by atoms with E-state index < -0.39 is 0 Å². The molecule has 1 fully saturated rings. The Labute approximate surface area is 120 Å². The Kier molecular flexibility index (Phi) is 3.74. The summed E-state index contributed by atoms with van der Waals surface area (Å²) < 4.78 is 2.18. The zero-order chi connectivity index (χ0) is 13.9. The van der Waals surface area contributed by atoms with Gasteiger partial charge in [-0.1, -0.05) is 18.2 Å². The molecule has 4 nitrogen and oxygen atoms in total. The Morgan fingerprint density at radius 1 is 1.25 bits per heavy atom. The van der Waals surface area contributed by atoms with Crippen LogP contribution >= 0.6 is 0 Å². The molecule has 0 saturated carbocycles. The van der Waals surface area contributed by atoms with E-state index in [1.807, 2.05) is 13.0 Å². The summed E-state index contributed by atoms with van der Waals surface area (Å²) in [5, 5.41) is 0. The van der Waals surface area contributed by atoms with Gasteiger partial charge in [0.05, 0.1) is 5.69 Å². The van der Waals surface area contributed by atoms with Crippen molar-refractivity contribution >= 4 is 5.95 Å². The molecule has 2 heterocycles. The van der Waals surface area contributed by atoms with Gasteiger partial charge in [0, 0.05) is 31.0 Å². The molecule has 20 heavy (non-hydrogen) atoms. The molecule has 1 aliphatic heterocycles. The number of anilines is 1. The maximum absolute atomic E-state index is 5.95. The lowest BCUT2D eigenvalue weighted by atomic mass is 10.0. The second-order valence-corrected chi connectivity index (χ2v) is 5.47. The highest BCUT2D eigenvalue weighted by Crippen LogP contribution is 2.26. The fourth-order valence-corrected chi connectivity index (χ4v) is 2.98. The lowest BCUT2D eigenvalue weighted by Crippen LogP contribution is -2.45. The number of imidazole rings is 1. The van der Waals surface area contributed by atoms with Gasteiger partial charge in [-0.2, -0.15) is 0 Å². The summed E-state index contributed by atoms with van der Waals surface area (Å²) in [7, 11) is 0. The summed E-state index contributed by atoms with van der Waals surface area (Å²) in [6, 6.07) is 10.8. The van der Waals surface area contributed by atoms with Gasteiger partial charge in [0.25, 0.3) is 0 Å². The van der Waals surface area contributed by atoms with Crippen molar-refractivity contribution in [3.63, 3.8) is 0 Å². The van der Waals surface area contributed by atoms with E-state index in [0.717, 1.165) is 30.3 Å². The number of nitrogens with zero attached hydrogens (tertiary/aromatic N) is 3. The molecular weight excluding hydrogens is 248 g/mol. The number of piperidine rings is 1. The number of hydrogen-bond donors (Lipinski definition) is 1. The van der Waals surface area contributed by atoms with Gasteiger partial charge in [0.2, 0.25) is 5.95 Å². The SMILES string of the molecule is Cc1cn(-c2ccccc2)c(N2CCCCC2CN)n1. The first kappa shape index (κ1) is 13.2. The number of nitrogens with two attached hydrogens (primary N) is 1. The summed E-state index contributed by atoms with van der Waals surface area (Å²) in [5.74, 6) is 1.03. The monoisotopic (exact) mass is 270 g/mol. The Hall–Kier alpha value is -1.81. The van der Waals surface area contributed by atoms with E-state index in [1.54, 1.807) is 0 Å². The van der Waals surface area contributed by atoms with Crippen LogP contribution in [0.15, 0.2) is 36.5 Å². The number of hydrogen-bond acceptors (Lipinski definition) is 3. The normalized spacial score (nSPS) is 19.3. The average molecular weight is 270 g/mol. The molecule has 2 aromatic rings. The molecule has 0 spiro atoms. The third kappa shape index (κ3) is 2.43. The molecule has 1 aromatic heterocycles. The van der Waals surface area contributed by atoms with Crippen molar-refractivity contribution in [1.29, 1.82) is 0 Å². The van der Waals surface area contributed by atoms with E-state index in [-0.39, 0.29) is 0 Å². The molecule has 1 saturated heterocycles. The molecule has 106 valence electrons. The third-order valence-corrected chi connectivity index (χ3v) is 4.00. The first-order valence-corrected chi connectivity index (χ1v) is 7.37. The minimum atomic E-state index is 0.410. The van der Waals surface area contributed by atoms with Crippen molar-refractivity contribution in [2.45, 2.75) is 32.2 Å². The van der Waals surface area contributed by atoms with E-state index in [2.05, 4.69) is 39.9 Å². The van der Waals surface area contributed by atoms with Crippen LogP contribution in [0.2, 0.25) is 0 Å². The van der Waals surface area contributed by atoms with Crippen molar-refractivity contribution in [2.75, 3.05) is 18.0 Å². The Balaban J connectivity index is 2.01. The standard InChI is InChI=1S/C16H22N4/c1-13-12-20(14-7-3-2-4-8-14)16(18-13)19-10-6-5-9-15(19)11-17/h2-4,7-8,12,15H,5-6,9-11,17H2,1H3. The summed E-state index contributed by atoms with van der Waals surface area (Å²) >= 11 is 0. The predicted molar refractivity (Wildman–Crippen MR) is 82.3 cm³/mol. The molecule has 3 rings (SSSR count). The number of para-hydroxylation sites is 1. The topological polar surface area (TPSA) is 47.1 Å².